The van der Waals surface area contributed by atoms with Crippen LogP contribution < -0.4 is 10.0 Å². The second-order valence-corrected chi connectivity index (χ2v) is 6.48. The molecule has 2 aromatic rings. The highest BCUT2D eigenvalue weighted by Crippen LogP contribution is 2.17. The Balaban J connectivity index is 2.17. The fourth-order valence-corrected chi connectivity index (χ4v) is 2.79. The van der Waals surface area contributed by atoms with Crippen LogP contribution in [0.2, 0.25) is 0 Å². The van der Waals surface area contributed by atoms with Crippen LogP contribution in [0.4, 0.5) is 11.5 Å². The number of carbonyl (C=O) groups excluding carboxylic acids is 2. The molecule has 0 bridgehead atoms. The lowest BCUT2D eigenvalue weighted by Crippen LogP contribution is -2.14. The van der Waals surface area contributed by atoms with Gasteiger partial charge in [-0.25, -0.2) is 13.4 Å². The van der Waals surface area contributed by atoms with Crippen LogP contribution in [0.5, 0.6) is 0 Å². The van der Waals surface area contributed by atoms with Gasteiger partial charge >= 0.3 is 0 Å². The fourth-order valence-electron chi connectivity index (χ4n) is 1.78. The summed E-state index contributed by atoms with van der Waals surface area (Å²) in [5.41, 5.74) is 0.896. The topological polar surface area (TPSA) is 105 Å². The molecular weight excluding hydrogens is 318 g/mol. The summed E-state index contributed by atoms with van der Waals surface area (Å²) in [7, 11) is -3.80. The van der Waals surface area contributed by atoms with Crippen molar-refractivity contribution in [2.24, 2.45) is 0 Å². The number of hydrogen-bond acceptors (Lipinski definition) is 5. The zero-order valence-electron chi connectivity index (χ0n) is 12.5. The lowest BCUT2D eigenvalue weighted by atomic mass is 10.2. The van der Waals surface area contributed by atoms with Gasteiger partial charge in [-0.1, -0.05) is 0 Å². The summed E-state index contributed by atoms with van der Waals surface area (Å²) < 4.78 is 26.8. The SMILES string of the molecule is CC(=O)Nc1ccc(S(=O)(=O)Nc2ccc(C(C)=O)cn2)cc1. The Bertz CT molecular complexity index is 828. The van der Waals surface area contributed by atoms with Gasteiger partial charge in [-0.2, -0.15) is 0 Å². The van der Waals surface area contributed by atoms with Gasteiger partial charge in [-0.15, -0.1) is 0 Å². The van der Waals surface area contributed by atoms with Crippen LogP contribution in [0.3, 0.4) is 0 Å². The van der Waals surface area contributed by atoms with E-state index < -0.39 is 10.0 Å². The van der Waals surface area contributed by atoms with E-state index in [0.29, 0.717) is 11.3 Å². The first-order valence-corrected chi connectivity index (χ1v) is 8.14. The fraction of sp³-hybridized carbons (Fsp3) is 0.133. The standard InChI is InChI=1S/C15H15N3O4S/c1-10(19)12-3-8-15(16-9-12)18-23(21,22)14-6-4-13(5-7-14)17-11(2)20/h3-9H,1-2H3,(H,16,18)(H,17,20). The number of Topliss-reactive ketones (excluding diaryl/α,β-unsaturated/α-hetero) is 1. The van der Waals surface area contributed by atoms with Gasteiger partial charge in [0, 0.05) is 24.4 Å². The number of pyridine rings is 1. The van der Waals surface area contributed by atoms with E-state index >= 15 is 0 Å². The van der Waals surface area contributed by atoms with Crippen molar-refractivity contribution in [2.45, 2.75) is 18.7 Å². The molecular formula is C15H15N3O4S. The number of ketones is 1. The molecule has 0 spiro atoms. The minimum atomic E-state index is -3.80. The maximum atomic E-state index is 12.2. The number of amides is 1. The van der Waals surface area contributed by atoms with E-state index in [1.54, 1.807) is 0 Å². The van der Waals surface area contributed by atoms with Crippen LogP contribution in [0.25, 0.3) is 0 Å². The molecule has 2 rings (SSSR count). The summed E-state index contributed by atoms with van der Waals surface area (Å²) in [5.74, 6) is -0.283. The highest BCUT2D eigenvalue weighted by molar-refractivity contribution is 7.92. The van der Waals surface area contributed by atoms with Crippen LogP contribution >= 0.6 is 0 Å². The van der Waals surface area contributed by atoms with Gasteiger partial charge in [0.1, 0.15) is 5.82 Å². The van der Waals surface area contributed by atoms with Crippen molar-refractivity contribution in [3.63, 3.8) is 0 Å². The molecule has 7 nitrogen and oxygen atoms in total. The average Bonchev–Trinajstić information content (AvgIpc) is 2.47. The molecule has 1 heterocycles. The van der Waals surface area contributed by atoms with Gasteiger partial charge in [0.2, 0.25) is 5.91 Å². The molecule has 120 valence electrons. The Hall–Kier alpha value is -2.74. The molecule has 0 aliphatic heterocycles. The Morgan fingerprint density at radius 2 is 1.65 bits per heavy atom. The lowest BCUT2D eigenvalue weighted by Gasteiger charge is -2.08. The number of aromatic nitrogens is 1. The van der Waals surface area contributed by atoms with Gasteiger partial charge in [0.15, 0.2) is 5.78 Å². The molecule has 2 N–H and O–H groups in total. The predicted octanol–water partition coefficient (Wildman–Crippen LogP) is 2.04. The molecule has 0 aliphatic rings. The van der Waals surface area contributed by atoms with E-state index in [4.69, 9.17) is 0 Å². The molecule has 0 saturated carbocycles. The molecule has 0 atom stereocenters. The Kier molecular flexibility index (Phi) is 4.75. The van der Waals surface area contributed by atoms with E-state index in [-0.39, 0.29) is 22.4 Å². The Labute approximate surface area is 133 Å². The first kappa shape index (κ1) is 16.6. The van der Waals surface area contributed by atoms with Crippen molar-refractivity contribution < 1.29 is 18.0 Å². The Morgan fingerprint density at radius 3 is 2.13 bits per heavy atom. The van der Waals surface area contributed by atoms with Crippen molar-refractivity contribution in [3.05, 3.63) is 48.2 Å². The first-order chi connectivity index (χ1) is 10.8. The highest BCUT2D eigenvalue weighted by atomic mass is 32.2. The van der Waals surface area contributed by atoms with Crippen molar-refractivity contribution in [3.8, 4) is 0 Å². The maximum Gasteiger partial charge on any atom is 0.263 e. The molecule has 1 amide bonds. The highest BCUT2D eigenvalue weighted by Gasteiger charge is 2.15. The lowest BCUT2D eigenvalue weighted by molar-refractivity contribution is -0.114. The molecule has 0 aliphatic carbocycles. The summed E-state index contributed by atoms with van der Waals surface area (Å²) in [4.78, 5) is 26.0. The summed E-state index contributed by atoms with van der Waals surface area (Å²) in [5, 5.41) is 2.55. The Morgan fingerprint density at radius 1 is 1.00 bits per heavy atom. The third-order valence-electron chi connectivity index (χ3n) is 2.89. The molecule has 0 fully saturated rings. The van der Waals surface area contributed by atoms with Crippen molar-refractivity contribution in [1.29, 1.82) is 0 Å². The number of sulfonamides is 1. The van der Waals surface area contributed by atoms with Crippen LogP contribution in [-0.4, -0.2) is 25.1 Å². The minimum absolute atomic E-state index is 0.0315. The summed E-state index contributed by atoms with van der Waals surface area (Å²) in [6.07, 6.45) is 1.31. The van der Waals surface area contributed by atoms with E-state index in [0.717, 1.165) is 0 Å². The third-order valence-corrected chi connectivity index (χ3v) is 4.26. The smallest absolute Gasteiger partial charge is 0.263 e. The van der Waals surface area contributed by atoms with E-state index in [2.05, 4.69) is 15.0 Å². The zero-order valence-corrected chi connectivity index (χ0v) is 13.3. The summed E-state index contributed by atoms with van der Waals surface area (Å²) in [6.45, 7) is 2.76. The summed E-state index contributed by atoms with van der Waals surface area (Å²) in [6, 6.07) is 8.63. The minimum Gasteiger partial charge on any atom is -0.326 e. The molecule has 0 radical (unpaired) electrons. The summed E-state index contributed by atoms with van der Waals surface area (Å²) >= 11 is 0. The maximum absolute atomic E-state index is 12.2. The zero-order chi connectivity index (χ0) is 17.0. The average molecular weight is 333 g/mol. The van der Waals surface area contributed by atoms with Gasteiger partial charge in [-0.05, 0) is 43.3 Å². The van der Waals surface area contributed by atoms with Gasteiger partial charge in [-0.3, -0.25) is 14.3 Å². The van der Waals surface area contributed by atoms with Crippen molar-refractivity contribution in [1.82, 2.24) is 4.98 Å². The first-order valence-electron chi connectivity index (χ1n) is 6.65. The van der Waals surface area contributed by atoms with Crippen LogP contribution in [0.1, 0.15) is 24.2 Å². The van der Waals surface area contributed by atoms with Crippen LogP contribution in [0.15, 0.2) is 47.5 Å². The number of carbonyl (C=O) groups is 2. The van der Waals surface area contributed by atoms with Crippen molar-refractivity contribution >= 4 is 33.2 Å². The largest absolute Gasteiger partial charge is 0.326 e. The molecule has 8 heteroatoms. The van der Waals surface area contributed by atoms with Crippen molar-refractivity contribution in [2.75, 3.05) is 10.0 Å². The number of benzene rings is 1. The second-order valence-electron chi connectivity index (χ2n) is 4.80. The van der Waals surface area contributed by atoms with E-state index in [1.807, 2.05) is 0 Å². The molecule has 0 unspecified atom stereocenters. The second kappa shape index (κ2) is 6.57. The number of nitrogens with zero attached hydrogens (tertiary/aromatic N) is 1. The van der Waals surface area contributed by atoms with Crippen LogP contribution in [0, 0.1) is 0 Å². The quantitative estimate of drug-likeness (QED) is 0.815. The molecule has 23 heavy (non-hydrogen) atoms. The normalized spacial score (nSPS) is 10.9. The number of hydrogen-bond donors (Lipinski definition) is 2. The van der Waals surface area contributed by atoms with Crippen LogP contribution in [-0.2, 0) is 14.8 Å². The number of rotatable bonds is 5. The molecule has 1 aromatic heterocycles. The van der Waals surface area contributed by atoms with Gasteiger partial charge in [0.05, 0.1) is 4.90 Å². The number of nitrogens with one attached hydrogen (secondary N) is 2. The number of anilines is 2. The van der Waals surface area contributed by atoms with E-state index in [9.17, 15) is 18.0 Å². The molecule has 0 saturated heterocycles. The molecule has 1 aromatic carbocycles. The van der Waals surface area contributed by atoms with E-state index in [1.165, 1.54) is 56.4 Å². The van der Waals surface area contributed by atoms with Gasteiger partial charge in [0.25, 0.3) is 10.0 Å². The monoisotopic (exact) mass is 333 g/mol. The third kappa shape index (κ3) is 4.36. The predicted molar refractivity (Wildman–Crippen MR) is 85.8 cm³/mol. The van der Waals surface area contributed by atoms with Gasteiger partial charge < -0.3 is 5.32 Å².